The van der Waals surface area contributed by atoms with Crippen molar-refractivity contribution in [3.05, 3.63) is 96.7 Å². The Bertz CT molecular complexity index is 1670. The summed E-state index contributed by atoms with van der Waals surface area (Å²) in [5, 5.41) is 26.0. The molecule has 10 heteroatoms. The van der Waals surface area contributed by atoms with Gasteiger partial charge in [-0.15, -0.1) is 16.5 Å². The van der Waals surface area contributed by atoms with Gasteiger partial charge in [-0.1, -0.05) is 41.4 Å². The van der Waals surface area contributed by atoms with E-state index in [0.29, 0.717) is 33.5 Å². The van der Waals surface area contributed by atoms with Crippen molar-refractivity contribution in [3.63, 3.8) is 0 Å². The van der Waals surface area contributed by atoms with Crippen LogP contribution in [-0.4, -0.2) is 9.78 Å². The second-order valence-electron chi connectivity index (χ2n) is 8.77. The third kappa shape index (κ3) is 3.54. The van der Waals surface area contributed by atoms with Gasteiger partial charge in [-0.2, -0.15) is 10.4 Å². The lowest BCUT2D eigenvalue weighted by molar-refractivity contribution is 0.606. The molecule has 0 bridgehead atoms. The van der Waals surface area contributed by atoms with Crippen molar-refractivity contribution in [2.24, 2.45) is 10.2 Å². The Morgan fingerprint density at radius 2 is 1.89 bits per heavy atom. The topological polar surface area (TPSA) is 124 Å². The number of H-pyrrole nitrogens is 1. The average Bonchev–Trinajstić information content (AvgIpc) is 3.37. The van der Waals surface area contributed by atoms with Gasteiger partial charge in [0.15, 0.2) is 11.5 Å². The lowest BCUT2D eigenvalue weighted by Gasteiger charge is -2.34. The number of nitrogens with zero attached hydrogens (tertiary/aromatic N) is 4. The summed E-state index contributed by atoms with van der Waals surface area (Å²) in [6.07, 6.45) is 1.46. The first-order valence-electron chi connectivity index (χ1n) is 11.3. The van der Waals surface area contributed by atoms with Gasteiger partial charge in [0.2, 0.25) is 0 Å². The normalized spacial score (nSPS) is 16.3. The zero-order chi connectivity index (χ0) is 25.0. The first kappa shape index (κ1) is 22.3. The highest BCUT2D eigenvalue weighted by Crippen LogP contribution is 2.51. The minimum atomic E-state index is -0.412. The van der Waals surface area contributed by atoms with Crippen molar-refractivity contribution >= 4 is 50.7 Å². The highest BCUT2D eigenvalue weighted by molar-refractivity contribution is 7.16. The van der Waals surface area contributed by atoms with E-state index in [1.54, 1.807) is 4.68 Å². The Balaban J connectivity index is 1.55. The highest BCUT2D eigenvalue weighted by atomic mass is 35.5. The molecule has 2 aromatic heterocycles. The molecule has 3 heterocycles. The number of azo groups is 1. The molecule has 0 amide bonds. The number of nitrogens with two attached hydrogens (primary N) is 1. The zero-order valence-corrected chi connectivity index (χ0v) is 20.7. The van der Waals surface area contributed by atoms with Gasteiger partial charge in [0.05, 0.1) is 11.3 Å². The molecule has 0 fully saturated rings. The van der Waals surface area contributed by atoms with Crippen LogP contribution in [-0.2, 0) is 6.42 Å². The van der Waals surface area contributed by atoms with Crippen molar-refractivity contribution < 1.29 is 0 Å². The molecule has 0 saturated heterocycles. The highest BCUT2D eigenvalue weighted by Gasteiger charge is 2.38. The molecule has 2 aliphatic rings. The van der Waals surface area contributed by atoms with Crippen molar-refractivity contribution in [2.75, 3.05) is 11.1 Å². The van der Waals surface area contributed by atoms with Crippen molar-refractivity contribution in [2.45, 2.75) is 25.8 Å². The van der Waals surface area contributed by atoms with E-state index in [9.17, 15) is 10.1 Å². The third-order valence-corrected chi connectivity index (χ3v) is 7.84. The summed E-state index contributed by atoms with van der Waals surface area (Å²) < 4.78 is 1.76. The van der Waals surface area contributed by atoms with E-state index in [0.717, 1.165) is 39.3 Å². The Labute approximate surface area is 215 Å². The summed E-state index contributed by atoms with van der Waals surface area (Å²) in [4.78, 5) is 14.2. The van der Waals surface area contributed by atoms with Gasteiger partial charge in [0.1, 0.15) is 17.1 Å². The van der Waals surface area contributed by atoms with Gasteiger partial charge in [-0.3, -0.25) is 14.6 Å². The first-order chi connectivity index (χ1) is 17.4. The fraction of sp³-hybridized carbons (Fsp3) is 0.154. The number of nitriles is 1. The number of rotatable bonds is 3. The largest absolute Gasteiger partial charge is 0.389 e. The zero-order valence-electron chi connectivity index (χ0n) is 19.2. The molecule has 4 aromatic rings. The molecule has 1 atom stereocenters. The van der Waals surface area contributed by atoms with Crippen LogP contribution in [0.3, 0.4) is 0 Å². The van der Waals surface area contributed by atoms with E-state index < -0.39 is 6.04 Å². The molecule has 0 spiro atoms. The Hall–Kier alpha value is -4.13. The second-order valence-corrected chi connectivity index (χ2v) is 10.3. The van der Waals surface area contributed by atoms with E-state index in [1.807, 2.05) is 55.5 Å². The molecule has 0 radical (unpaired) electrons. The van der Waals surface area contributed by atoms with E-state index in [1.165, 1.54) is 11.3 Å². The molecule has 2 aromatic carbocycles. The minimum Gasteiger partial charge on any atom is -0.389 e. The third-order valence-electron chi connectivity index (χ3n) is 6.51. The number of anilines is 2. The number of nitrogens with one attached hydrogen (secondary N) is 2. The quantitative estimate of drug-likeness (QED) is 0.272. The van der Waals surface area contributed by atoms with Gasteiger partial charge in [0.25, 0.3) is 5.56 Å². The lowest BCUT2D eigenvalue weighted by atomic mass is 9.83. The van der Waals surface area contributed by atoms with Crippen LogP contribution in [0.1, 0.15) is 39.6 Å². The van der Waals surface area contributed by atoms with Crippen LogP contribution in [0.5, 0.6) is 0 Å². The number of aromatic nitrogens is 2. The van der Waals surface area contributed by atoms with Gasteiger partial charge >= 0.3 is 0 Å². The molecule has 6 rings (SSSR count). The summed E-state index contributed by atoms with van der Waals surface area (Å²) >= 11 is 7.64. The maximum absolute atomic E-state index is 13.1. The SMILES string of the molecule is Cc1ccc(N=Nc2c3n([nH]c2=O)C(c2ccc(Cl)cc2)C2=C(CCc4sc(N)c(C#N)c42)N3)cc1. The van der Waals surface area contributed by atoms with Crippen molar-refractivity contribution in [1.82, 2.24) is 9.78 Å². The molecule has 36 heavy (non-hydrogen) atoms. The summed E-state index contributed by atoms with van der Waals surface area (Å²) in [6, 6.07) is 17.0. The van der Waals surface area contributed by atoms with Gasteiger partial charge < -0.3 is 11.1 Å². The summed E-state index contributed by atoms with van der Waals surface area (Å²) in [7, 11) is 0. The molecule has 8 nitrogen and oxygen atoms in total. The maximum atomic E-state index is 13.1. The molecule has 0 saturated carbocycles. The van der Waals surface area contributed by atoms with Crippen molar-refractivity contribution in [1.29, 1.82) is 5.26 Å². The van der Waals surface area contributed by atoms with Crippen LogP contribution >= 0.6 is 22.9 Å². The number of allylic oxidation sites excluding steroid dienone is 2. The molecule has 4 N–H and O–H groups in total. The maximum Gasteiger partial charge on any atom is 0.294 e. The van der Waals surface area contributed by atoms with Gasteiger partial charge in [0, 0.05) is 26.7 Å². The summed E-state index contributed by atoms with van der Waals surface area (Å²) in [6.45, 7) is 2.00. The summed E-state index contributed by atoms with van der Waals surface area (Å²) in [5.41, 5.74) is 11.9. The molecule has 1 aliphatic carbocycles. The number of aromatic amines is 1. The first-order valence-corrected chi connectivity index (χ1v) is 12.5. The molecule has 178 valence electrons. The monoisotopic (exact) mass is 513 g/mol. The lowest BCUT2D eigenvalue weighted by Crippen LogP contribution is -2.27. The van der Waals surface area contributed by atoms with E-state index in [2.05, 4.69) is 26.7 Å². The Morgan fingerprint density at radius 1 is 1.14 bits per heavy atom. The Kier molecular flexibility index (Phi) is 5.29. The van der Waals surface area contributed by atoms with E-state index >= 15 is 0 Å². The number of fused-ring (bicyclic) bond motifs is 3. The Morgan fingerprint density at radius 3 is 2.61 bits per heavy atom. The second kappa shape index (κ2) is 8.52. The number of hydrogen-bond donors (Lipinski definition) is 3. The van der Waals surface area contributed by atoms with Gasteiger partial charge in [-0.25, -0.2) is 0 Å². The van der Waals surface area contributed by atoms with E-state index in [4.69, 9.17) is 17.3 Å². The molecular weight excluding hydrogens is 494 g/mol. The van der Waals surface area contributed by atoms with Crippen LogP contribution in [0.15, 0.2) is 69.3 Å². The van der Waals surface area contributed by atoms with Crippen LogP contribution in [0.4, 0.5) is 22.2 Å². The number of benzene rings is 2. The van der Waals surface area contributed by atoms with Crippen LogP contribution in [0.25, 0.3) is 5.57 Å². The minimum absolute atomic E-state index is 0.192. The van der Waals surface area contributed by atoms with E-state index in [-0.39, 0.29) is 11.2 Å². The predicted octanol–water partition coefficient (Wildman–Crippen LogP) is 6.44. The predicted molar refractivity (Wildman–Crippen MR) is 142 cm³/mol. The number of aryl methyl sites for hydroxylation is 2. The smallest absolute Gasteiger partial charge is 0.294 e. The molecular formula is C26H20ClN7OS. The fourth-order valence-corrected chi connectivity index (χ4v) is 5.98. The van der Waals surface area contributed by atoms with Crippen molar-refractivity contribution in [3.8, 4) is 6.07 Å². The van der Waals surface area contributed by atoms with Crippen LogP contribution in [0.2, 0.25) is 5.02 Å². The van der Waals surface area contributed by atoms with Gasteiger partial charge in [-0.05, 0) is 49.6 Å². The molecule has 1 aliphatic heterocycles. The summed E-state index contributed by atoms with van der Waals surface area (Å²) in [5.74, 6) is 0.528. The number of halogens is 1. The number of thiophene rings is 1. The fourth-order valence-electron chi connectivity index (χ4n) is 4.82. The number of nitrogen functional groups attached to an aromatic ring is 1. The van der Waals surface area contributed by atoms with Crippen LogP contribution < -0.4 is 16.6 Å². The standard InChI is InChI=1S/C26H20ClN7OS/c1-13-2-8-16(9-3-13)31-32-22-25-30-18-10-11-19-20(17(12-28)24(29)36-19)21(18)23(34(25)33-26(22)35)14-4-6-15(27)7-5-14/h2-9,23,30H,10-11,29H2,1H3,(H,33,35). The molecule has 1 unspecified atom stereocenters. The number of hydrogen-bond acceptors (Lipinski definition) is 7. The van der Waals surface area contributed by atoms with Crippen LogP contribution in [0, 0.1) is 18.3 Å². The average molecular weight is 514 g/mol.